The molecule has 4 rings (SSSR count). The summed E-state index contributed by atoms with van der Waals surface area (Å²) in [6, 6.07) is 3.50. The van der Waals surface area contributed by atoms with Crippen LogP contribution < -0.4 is 5.56 Å². The highest BCUT2D eigenvalue weighted by molar-refractivity contribution is 5.47. The minimum atomic E-state index is -0.199. The molecule has 0 amide bonds. The van der Waals surface area contributed by atoms with Crippen LogP contribution in [0.3, 0.4) is 0 Å². The Kier molecular flexibility index (Phi) is 4.51. The van der Waals surface area contributed by atoms with Crippen molar-refractivity contribution in [2.75, 3.05) is 6.54 Å². The van der Waals surface area contributed by atoms with Crippen LogP contribution in [0.5, 0.6) is 5.75 Å². The van der Waals surface area contributed by atoms with Gasteiger partial charge < -0.3 is 19.6 Å². The fourth-order valence-electron chi connectivity index (χ4n) is 3.37. The summed E-state index contributed by atoms with van der Waals surface area (Å²) in [5.74, 6) is 1.05. The number of H-pyrrole nitrogens is 1. The first-order valence-electron chi connectivity index (χ1n) is 8.72. The van der Waals surface area contributed by atoms with Crippen LogP contribution in [-0.4, -0.2) is 36.6 Å². The van der Waals surface area contributed by atoms with Crippen LogP contribution in [0.15, 0.2) is 33.8 Å². The molecule has 3 N–H and O–H groups in total. The van der Waals surface area contributed by atoms with Gasteiger partial charge in [-0.3, -0.25) is 14.7 Å². The van der Waals surface area contributed by atoms with Crippen molar-refractivity contribution >= 4 is 0 Å². The van der Waals surface area contributed by atoms with E-state index in [-0.39, 0.29) is 17.9 Å². The first kappa shape index (κ1) is 17.4. The number of fused-ring (bicyclic) bond motifs is 1. The van der Waals surface area contributed by atoms with Gasteiger partial charge in [0.15, 0.2) is 11.6 Å². The van der Waals surface area contributed by atoms with Crippen LogP contribution in [0.2, 0.25) is 0 Å². The SMILES string of the molecule is Cc1ncc(CO)c(CN2CCc3nc(-c4ccco4)[nH]c(=O)c3C2)c1O. The maximum Gasteiger partial charge on any atom is 0.256 e. The fraction of sp³-hybridized carbons (Fsp3) is 0.316. The van der Waals surface area contributed by atoms with Crippen LogP contribution in [0.25, 0.3) is 11.6 Å². The highest BCUT2D eigenvalue weighted by Gasteiger charge is 2.24. The Morgan fingerprint density at radius 2 is 2.26 bits per heavy atom. The van der Waals surface area contributed by atoms with Crippen molar-refractivity contribution < 1.29 is 14.6 Å². The van der Waals surface area contributed by atoms with Crippen molar-refractivity contribution in [2.45, 2.75) is 33.0 Å². The zero-order chi connectivity index (χ0) is 19.0. The lowest BCUT2D eigenvalue weighted by molar-refractivity contribution is 0.232. The molecular weight excluding hydrogens is 348 g/mol. The number of pyridine rings is 1. The van der Waals surface area contributed by atoms with Crippen molar-refractivity contribution in [3.05, 3.63) is 63.0 Å². The van der Waals surface area contributed by atoms with E-state index in [1.165, 1.54) is 0 Å². The van der Waals surface area contributed by atoms with Gasteiger partial charge in [-0.2, -0.15) is 0 Å². The second-order valence-electron chi connectivity index (χ2n) is 6.63. The van der Waals surface area contributed by atoms with Crippen molar-refractivity contribution in [3.63, 3.8) is 0 Å². The second-order valence-corrected chi connectivity index (χ2v) is 6.63. The summed E-state index contributed by atoms with van der Waals surface area (Å²) >= 11 is 0. The number of aliphatic hydroxyl groups excluding tert-OH is 1. The molecule has 0 fully saturated rings. The van der Waals surface area contributed by atoms with Gasteiger partial charge in [-0.15, -0.1) is 0 Å². The molecule has 3 aromatic rings. The van der Waals surface area contributed by atoms with Gasteiger partial charge in [-0.1, -0.05) is 0 Å². The molecular formula is C19H20N4O4. The van der Waals surface area contributed by atoms with Crippen LogP contribution in [-0.2, 0) is 26.1 Å². The molecule has 3 aromatic heterocycles. The molecule has 8 nitrogen and oxygen atoms in total. The number of aryl methyl sites for hydroxylation is 1. The highest BCUT2D eigenvalue weighted by Crippen LogP contribution is 2.27. The van der Waals surface area contributed by atoms with E-state index in [0.29, 0.717) is 60.0 Å². The summed E-state index contributed by atoms with van der Waals surface area (Å²) in [7, 11) is 0. The molecule has 0 bridgehead atoms. The Morgan fingerprint density at radius 1 is 1.41 bits per heavy atom. The lowest BCUT2D eigenvalue weighted by atomic mass is 10.0. The number of nitrogens with zero attached hydrogens (tertiary/aromatic N) is 3. The third-order valence-electron chi connectivity index (χ3n) is 4.88. The Labute approximate surface area is 155 Å². The van der Waals surface area contributed by atoms with Crippen LogP contribution in [0.1, 0.15) is 28.1 Å². The molecule has 8 heteroatoms. The average Bonchev–Trinajstić information content (AvgIpc) is 3.21. The fourth-order valence-corrected chi connectivity index (χ4v) is 3.37. The number of aliphatic hydroxyl groups is 1. The molecule has 0 aliphatic carbocycles. The Hall–Kier alpha value is -2.97. The van der Waals surface area contributed by atoms with E-state index in [4.69, 9.17) is 4.42 Å². The van der Waals surface area contributed by atoms with E-state index >= 15 is 0 Å². The van der Waals surface area contributed by atoms with Crippen molar-refractivity contribution in [2.24, 2.45) is 0 Å². The molecule has 0 unspecified atom stereocenters. The normalized spacial score (nSPS) is 14.3. The van der Waals surface area contributed by atoms with Crippen LogP contribution in [0.4, 0.5) is 0 Å². The van der Waals surface area contributed by atoms with Crippen LogP contribution >= 0.6 is 0 Å². The van der Waals surface area contributed by atoms with Gasteiger partial charge in [-0.25, -0.2) is 4.98 Å². The number of nitrogens with one attached hydrogen (secondary N) is 1. The lowest BCUT2D eigenvalue weighted by Gasteiger charge is -2.28. The van der Waals surface area contributed by atoms with E-state index < -0.39 is 0 Å². The lowest BCUT2D eigenvalue weighted by Crippen LogP contribution is -2.35. The minimum Gasteiger partial charge on any atom is -0.506 e. The smallest absolute Gasteiger partial charge is 0.256 e. The summed E-state index contributed by atoms with van der Waals surface area (Å²) < 4.78 is 5.32. The monoisotopic (exact) mass is 368 g/mol. The predicted molar refractivity (Wildman–Crippen MR) is 96.9 cm³/mol. The van der Waals surface area contributed by atoms with Crippen molar-refractivity contribution in [1.82, 2.24) is 19.9 Å². The van der Waals surface area contributed by atoms with E-state index in [1.54, 1.807) is 31.5 Å². The third kappa shape index (κ3) is 3.24. The molecule has 4 heterocycles. The summed E-state index contributed by atoms with van der Waals surface area (Å²) in [5.41, 5.74) is 2.94. The molecule has 27 heavy (non-hydrogen) atoms. The Balaban J connectivity index is 1.61. The first-order chi connectivity index (χ1) is 13.1. The minimum absolute atomic E-state index is 0.0903. The standard InChI is InChI=1S/C19H20N4O4/c1-11-17(25)13(12(10-24)7-20-11)8-23-5-4-15-14(9-23)19(26)22-18(21-15)16-3-2-6-27-16/h2-3,6-7,24-25H,4-5,8-10H2,1H3,(H,21,22,26). The average molecular weight is 368 g/mol. The van der Waals surface area contributed by atoms with Gasteiger partial charge in [0.25, 0.3) is 5.56 Å². The van der Waals surface area contributed by atoms with Gasteiger partial charge in [0.05, 0.1) is 29.8 Å². The molecule has 140 valence electrons. The number of aromatic nitrogens is 3. The first-order valence-corrected chi connectivity index (χ1v) is 8.72. The van der Waals surface area contributed by atoms with Gasteiger partial charge in [-0.05, 0) is 19.1 Å². The van der Waals surface area contributed by atoms with E-state index in [0.717, 1.165) is 5.69 Å². The van der Waals surface area contributed by atoms with Gasteiger partial charge in [0.2, 0.25) is 0 Å². The Morgan fingerprint density at radius 3 is 3.00 bits per heavy atom. The zero-order valence-electron chi connectivity index (χ0n) is 14.9. The molecule has 0 spiro atoms. The van der Waals surface area contributed by atoms with Gasteiger partial charge >= 0.3 is 0 Å². The summed E-state index contributed by atoms with van der Waals surface area (Å²) in [6.07, 6.45) is 3.73. The van der Waals surface area contributed by atoms with Gasteiger partial charge in [0.1, 0.15) is 5.75 Å². The molecule has 0 radical (unpaired) electrons. The number of aromatic amines is 1. The quantitative estimate of drug-likeness (QED) is 0.639. The number of rotatable bonds is 4. The van der Waals surface area contributed by atoms with Crippen LogP contribution in [0, 0.1) is 6.92 Å². The summed E-state index contributed by atoms with van der Waals surface area (Å²) in [6.45, 7) is 3.05. The summed E-state index contributed by atoms with van der Waals surface area (Å²) in [4.78, 5) is 26.0. The van der Waals surface area contributed by atoms with E-state index in [9.17, 15) is 15.0 Å². The molecule has 0 aromatic carbocycles. The van der Waals surface area contributed by atoms with E-state index in [2.05, 4.69) is 19.9 Å². The topological polar surface area (TPSA) is 115 Å². The summed E-state index contributed by atoms with van der Waals surface area (Å²) in [5, 5.41) is 19.9. The molecule has 1 aliphatic rings. The van der Waals surface area contributed by atoms with Gasteiger partial charge in [0, 0.05) is 43.4 Å². The van der Waals surface area contributed by atoms with Crippen molar-refractivity contribution in [1.29, 1.82) is 0 Å². The molecule has 1 aliphatic heterocycles. The van der Waals surface area contributed by atoms with Crippen molar-refractivity contribution in [3.8, 4) is 17.3 Å². The largest absolute Gasteiger partial charge is 0.506 e. The number of hydrogen-bond donors (Lipinski definition) is 3. The third-order valence-corrected chi connectivity index (χ3v) is 4.88. The van der Waals surface area contributed by atoms with E-state index in [1.807, 2.05) is 0 Å². The molecule has 0 saturated heterocycles. The zero-order valence-corrected chi connectivity index (χ0v) is 14.9. The number of aromatic hydroxyl groups is 1. The highest BCUT2D eigenvalue weighted by atomic mass is 16.3. The number of hydrogen-bond acceptors (Lipinski definition) is 7. The Bertz CT molecular complexity index is 1030. The molecule has 0 atom stereocenters. The maximum atomic E-state index is 12.6. The molecule has 0 saturated carbocycles. The predicted octanol–water partition coefficient (Wildman–Crippen LogP) is 1.49. The second kappa shape index (κ2) is 6.98. The number of furan rings is 1. The maximum absolute atomic E-state index is 12.6.